The van der Waals surface area contributed by atoms with Crippen molar-refractivity contribution in [2.24, 2.45) is 10.9 Å². The third-order valence-corrected chi connectivity index (χ3v) is 5.17. The number of halogens is 1. The number of nitrogens with one attached hydrogen (secondary N) is 1. The van der Waals surface area contributed by atoms with Gasteiger partial charge in [-0.2, -0.15) is 0 Å². The van der Waals surface area contributed by atoms with Gasteiger partial charge in [0.15, 0.2) is 5.96 Å². The smallest absolute Gasteiger partial charge is 0.194 e. The van der Waals surface area contributed by atoms with E-state index in [0.29, 0.717) is 19.1 Å². The summed E-state index contributed by atoms with van der Waals surface area (Å²) in [5.41, 5.74) is 1.21. The van der Waals surface area contributed by atoms with Gasteiger partial charge in [-0.05, 0) is 31.2 Å². The Morgan fingerprint density at radius 3 is 2.76 bits per heavy atom. The molecule has 29 heavy (non-hydrogen) atoms. The van der Waals surface area contributed by atoms with Crippen molar-refractivity contribution < 1.29 is 14.2 Å². The quantitative estimate of drug-likeness (QED) is 0.326. The van der Waals surface area contributed by atoms with E-state index >= 15 is 0 Å². The summed E-state index contributed by atoms with van der Waals surface area (Å²) in [6.07, 6.45) is 2.61. The lowest BCUT2D eigenvalue weighted by Gasteiger charge is -2.37. The van der Waals surface area contributed by atoms with E-state index in [-0.39, 0.29) is 36.2 Å². The molecule has 6 nitrogen and oxygen atoms in total. The fourth-order valence-corrected chi connectivity index (χ4v) is 3.66. The zero-order valence-corrected chi connectivity index (χ0v) is 20.0. The zero-order chi connectivity index (χ0) is 19.6. The van der Waals surface area contributed by atoms with Gasteiger partial charge in [0.2, 0.25) is 0 Å². The number of rotatable bonds is 8. The molecule has 2 aliphatic heterocycles. The minimum Gasteiger partial charge on any atom is -0.376 e. The van der Waals surface area contributed by atoms with E-state index in [1.807, 2.05) is 18.2 Å². The maximum absolute atomic E-state index is 5.97. The van der Waals surface area contributed by atoms with Crippen molar-refractivity contribution >= 4 is 29.9 Å². The normalized spacial score (nSPS) is 23.5. The fourth-order valence-electron chi connectivity index (χ4n) is 3.66. The number of hydrogen-bond acceptors (Lipinski definition) is 4. The van der Waals surface area contributed by atoms with Crippen LogP contribution in [0, 0.1) is 5.92 Å². The van der Waals surface area contributed by atoms with Gasteiger partial charge in [-0.15, -0.1) is 24.0 Å². The van der Waals surface area contributed by atoms with Crippen LogP contribution in [0.25, 0.3) is 0 Å². The van der Waals surface area contributed by atoms with Gasteiger partial charge in [-0.25, -0.2) is 0 Å². The molecule has 2 aliphatic rings. The largest absolute Gasteiger partial charge is 0.376 e. The molecule has 164 valence electrons. The summed E-state index contributed by atoms with van der Waals surface area (Å²) >= 11 is 0. The summed E-state index contributed by atoms with van der Waals surface area (Å²) in [5, 5.41) is 3.44. The first-order chi connectivity index (χ1) is 13.8. The molecule has 2 fully saturated rings. The molecule has 1 N–H and O–H groups in total. The van der Waals surface area contributed by atoms with Gasteiger partial charge in [0.05, 0.1) is 25.9 Å². The van der Waals surface area contributed by atoms with Gasteiger partial charge in [0.25, 0.3) is 0 Å². The van der Waals surface area contributed by atoms with Gasteiger partial charge >= 0.3 is 0 Å². The molecule has 3 unspecified atom stereocenters. The van der Waals surface area contributed by atoms with E-state index in [2.05, 4.69) is 36.2 Å². The molecule has 2 heterocycles. The average Bonchev–Trinajstić information content (AvgIpc) is 3.27. The van der Waals surface area contributed by atoms with E-state index < -0.39 is 0 Å². The predicted octanol–water partition coefficient (Wildman–Crippen LogP) is 3.30. The summed E-state index contributed by atoms with van der Waals surface area (Å²) in [4.78, 5) is 7.20. The van der Waals surface area contributed by atoms with Gasteiger partial charge in [0.1, 0.15) is 6.10 Å². The van der Waals surface area contributed by atoms with Crippen molar-refractivity contribution in [3.05, 3.63) is 35.9 Å². The Morgan fingerprint density at radius 1 is 1.24 bits per heavy atom. The molecule has 0 aliphatic carbocycles. The number of aliphatic imine (C=N–C) groups is 1. The molecule has 7 heteroatoms. The van der Waals surface area contributed by atoms with Gasteiger partial charge in [-0.3, -0.25) is 4.99 Å². The van der Waals surface area contributed by atoms with Crippen molar-refractivity contribution in [1.29, 1.82) is 0 Å². The van der Waals surface area contributed by atoms with Crippen LogP contribution in [0.4, 0.5) is 0 Å². The fraction of sp³-hybridized carbons (Fsp3) is 0.682. The molecule has 1 aromatic carbocycles. The third kappa shape index (κ3) is 8.03. The monoisotopic (exact) mass is 517 g/mol. The maximum Gasteiger partial charge on any atom is 0.194 e. The highest BCUT2D eigenvalue weighted by Crippen LogP contribution is 2.21. The van der Waals surface area contributed by atoms with E-state index in [9.17, 15) is 0 Å². The predicted molar refractivity (Wildman–Crippen MR) is 127 cm³/mol. The first kappa shape index (κ1) is 24.4. The van der Waals surface area contributed by atoms with Crippen LogP contribution in [0.1, 0.15) is 32.3 Å². The Balaban J connectivity index is 0.00000300. The second-order valence-electron chi connectivity index (χ2n) is 7.71. The summed E-state index contributed by atoms with van der Waals surface area (Å²) in [6, 6.07) is 10.3. The molecular formula is C22H36IN3O3. The third-order valence-electron chi connectivity index (χ3n) is 5.17. The van der Waals surface area contributed by atoms with Gasteiger partial charge in [-0.1, -0.05) is 37.3 Å². The topological polar surface area (TPSA) is 55.3 Å². The van der Waals surface area contributed by atoms with Gasteiger partial charge in [0, 0.05) is 32.8 Å². The number of guanidine groups is 1. The number of morpholine rings is 1. The molecule has 0 spiro atoms. The molecular weight excluding hydrogens is 481 g/mol. The highest BCUT2D eigenvalue weighted by atomic mass is 127. The first-order valence-electron chi connectivity index (χ1n) is 10.6. The van der Waals surface area contributed by atoms with Crippen molar-refractivity contribution in [1.82, 2.24) is 10.2 Å². The second-order valence-corrected chi connectivity index (χ2v) is 7.71. The highest BCUT2D eigenvalue weighted by Gasteiger charge is 2.32. The Morgan fingerprint density at radius 2 is 2.03 bits per heavy atom. The highest BCUT2D eigenvalue weighted by molar-refractivity contribution is 14.0. The molecule has 3 atom stereocenters. The van der Waals surface area contributed by atoms with Crippen molar-refractivity contribution in [2.45, 2.75) is 45.5 Å². The van der Waals surface area contributed by atoms with E-state index in [1.165, 1.54) is 5.56 Å². The Labute approximate surface area is 192 Å². The van der Waals surface area contributed by atoms with Crippen LogP contribution in [0.2, 0.25) is 0 Å². The van der Waals surface area contributed by atoms with Crippen LogP contribution in [0.15, 0.2) is 35.3 Å². The van der Waals surface area contributed by atoms with Crippen molar-refractivity contribution in [3.8, 4) is 0 Å². The van der Waals surface area contributed by atoms with Crippen LogP contribution in [0.3, 0.4) is 0 Å². The summed E-state index contributed by atoms with van der Waals surface area (Å²) in [5.74, 6) is 1.34. The van der Waals surface area contributed by atoms with E-state index in [1.54, 1.807) is 0 Å². The van der Waals surface area contributed by atoms with Crippen LogP contribution >= 0.6 is 24.0 Å². The molecule has 0 saturated carbocycles. The number of hydrogen-bond donors (Lipinski definition) is 1. The molecule has 3 rings (SSSR count). The summed E-state index contributed by atoms with van der Waals surface area (Å²) in [6.45, 7) is 10.6. The minimum absolute atomic E-state index is 0. The Bertz CT molecular complexity index is 596. The SMILES string of the molecule is CCNC(=NCC(C)COCc1ccccc1)N1CCOC(C2CCCO2)C1.I. The average molecular weight is 517 g/mol. The second kappa shape index (κ2) is 13.4. The van der Waals surface area contributed by atoms with Crippen molar-refractivity contribution in [3.63, 3.8) is 0 Å². The van der Waals surface area contributed by atoms with Crippen LogP contribution in [-0.4, -0.2) is 69.1 Å². The van der Waals surface area contributed by atoms with Crippen LogP contribution in [0.5, 0.6) is 0 Å². The maximum atomic E-state index is 5.97. The molecule has 0 bridgehead atoms. The molecule has 0 amide bonds. The number of nitrogens with zero attached hydrogens (tertiary/aromatic N) is 2. The minimum atomic E-state index is 0. The number of benzene rings is 1. The Kier molecular flexibility index (Phi) is 11.3. The zero-order valence-electron chi connectivity index (χ0n) is 17.7. The van der Waals surface area contributed by atoms with Gasteiger partial charge < -0.3 is 24.4 Å². The molecule has 2 saturated heterocycles. The lowest BCUT2D eigenvalue weighted by Crippen LogP contribution is -2.53. The Hall–Kier alpha value is -0.900. The van der Waals surface area contributed by atoms with Crippen LogP contribution in [-0.2, 0) is 20.8 Å². The lowest BCUT2D eigenvalue weighted by molar-refractivity contribution is -0.0817. The van der Waals surface area contributed by atoms with E-state index in [0.717, 1.165) is 58.2 Å². The molecule has 0 radical (unpaired) electrons. The van der Waals surface area contributed by atoms with E-state index in [4.69, 9.17) is 19.2 Å². The standard InChI is InChI=1S/C22H35N3O3.HI/c1-3-23-22(25-11-13-28-21(15-25)20-10-7-12-27-20)24-14-18(2)16-26-17-19-8-5-4-6-9-19;/h4-6,8-9,18,20-21H,3,7,10-17H2,1-2H3,(H,23,24);1H. The molecule has 1 aromatic rings. The van der Waals surface area contributed by atoms with Crippen molar-refractivity contribution in [2.75, 3.05) is 46.0 Å². The summed E-state index contributed by atoms with van der Waals surface area (Å²) < 4.78 is 17.7. The van der Waals surface area contributed by atoms with Crippen LogP contribution < -0.4 is 5.32 Å². The summed E-state index contributed by atoms with van der Waals surface area (Å²) in [7, 11) is 0. The molecule has 0 aromatic heterocycles. The lowest BCUT2D eigenvalue weighted by atomic mass is 10.1. The number of ether oxygens (including phenoxy) is 3. The first-order valence-corrected chi connectivity index (χ1v) is 10.6.